The van der Waals surface area contributed by atoms with E-state index in [-0.39, 0.29) is 5.28 Å². The molecular weight excluding hydrogens is 286 g/mol. The summed E-state index contributed by atoms with van der Waals surface area (Å²) in [4.78, 5) is 15.5. The first-order valence-corrected chi connectivity index (χ1v) is 8.58. The van der Waals surface area contributed by atoms with Crippen LogP contribution in [0.3, 0.4) is 0 Å². The predicted octanol–water partition coefficient (Wildman–Crippen LogP) is 3.51. The molecule has 1 aromatic heterocycles. The largest absolute Gasteiger partial charge is 0.354 e. The van der Waals surface area contributed by atoms with Crippen molar-refractivity contribution in [1.29, 1.82) is 0 Å². The predicted molar refractivity (Wildman–Crippen MR) is 85.9 cm³/mol. The van der Waals surface area contributed by atoms with E-state index >= 15 is 0 Å². The summed E-state index contributed by atoms with van der Waals surface area (Å²) in [6.45, 7) is 4.01. The van der Waals surface area contributed by atoms with Gasteiger partial charge in [-0.3, -0.25) is 0 Å². The molecule has 116 valence electrons. The molecule has 2 atom stereocenters. The van der Waals surface area contributed by atoms with Crippen molar-refractivity contribution in [2.45, 2.75) is 57.9 Å². The molecule has 1 N–H and O–H groups in total. The molecule has 1 aliphatic heterocycles. The lowest BCUT2D eigenvalue weighted by Gasteiger charge is -2.44. The van der Waals surface area contributed by atoms with Crippen molar-refractivity contribution < 1.29 is 0 Å². The van der Waals surface area contributed by atoms with Gasteiger partial charge in [0.25, 0.3) is 0 Å². The van der Waals surface area contributed by atoms with Gasteiger partial charge in [-0.15, -0.1) is 0 Å². The number of hydrogen-bond acceptors (Lipinski definition) is 5. The summed E-state index contributed by atoms with van der Waals surface area (Å²) in [5.41, 5.74) is 0. The van der Waals surface area contributed by atoms with Gasteiger partial charge in [-0.1, -0.05) is 19.8 Å². The fraction of sp³-hybridized carbons (Fsp3) is 0.800. The van der Waals surface area contributed by atoms with Crippen LogP contribution in [0.4, 0.5) is 11.9 Å². The Hall–Kier alpha value is -1.10. The smallest absolute Gasteiger partial charge is 0.231 e. The van der Waals surface area contributed by atoms with Gasteiger partial charge < -0.3 is 10.2 Å². The monoisotopic (exact) mass is 309 g/mol. The number of aromatic nitrogens is 3. The first-order chi connectivity index (χ1) is 10.3. The number of rotatable bonds is 4. The average Bonchev–Trinajstić information content (AvgIpc) is 2.52. The highest BCUT2D eigenvalue weighted by atomic mass is 35.5. The van der Waals surface area contributed by atoms with Crippen LogP contribution in [0.5, 0.6) is 0 Å². The first kappa shape index (κ1) is 14.8. The number of fused-ring (bicyclic) bond motifs is 1. The van der Waals surface area contributed by atoms with Crippen molar-refractivity contribution in [1.82, 2.24) is 15.0 Å². The summed E-state index contributed by atoms with van der Waals surface area (Å²) in [6, 6.07) is 0.588. The number of nitrogens with zero attached hydrogens (tertiary/aromatic N) is 4. The molecule has 21 heavy (non-hydrogen) atoms. The number of hydrogen-bond donors (Lipinski definition) is 1. The maximum atomic E-state index is 6.09. The zero-order valence-electron chi connectivity index (χ0n) is 12.7. The summed E-state index contributed by atoms with van der Waals surface area (Å²) in [6.07, 6.45) is 8.90. The fourth-order valence-electron chi connectivity index (χ4n) is 3.66. The third kappa shape index (κ3) is 3.39. The molecule has 0 radical (unpaired) electrons. The summed E-state index contributed by atoms with van der Waals surface area (Å²) in [5, 5.41) is 3.50. The molecule has 1 saturated heterocycles. The number of nitrogens with one attached hydrogen (secondary N) is 1. The van der Waals surface area contributed by atoms with Crippen LogP contribution in [-0.4, -0.2) is 34.1 Å². The lowest BCUT2D eigenvalue weighted by Crippen LogP contribution is -2.47. The van der Waals surface area contributed by atoms with E-state index in [0.29, 0.717) is 12.0 Å². The van der Waals surface area contributed by atoms with Gasteiger partial charge in [0.2, 0.25) is 17.2 Å². The summed E-state index contributed by atoms with van der Waals surface area (Å²) in [7, 11) is 0. The quantitative estimate of drug-likeness (QED) is 0.922. The highest BCUT2D eigenvalue weighted by Crippen LogP contribution is 2.36. The van der Waals surface area contributed by atoms with E-state index in [4.69, 9.17) is 11.6 Å². The molecule has 0 spiro atoms. The van der Waals surface area contributed by atoms with Gasteiger partial charge in [0.1, 0.15) is 0 Å². The normalized spacial score (nSPS) is 25.5. The molecule has 6 heteroatoms. The SMILES string of the molecule is CCCNc1nc(Cl)nc(N2CCCC3CCCCC32)n1. The third-order valence-electron chi connectivity index (χ3n) is 4.63. The molecule has 2 fully saturated rings. The zero-order chi connectivity index (χ0) is 14.7. The Morgan fingerprint density at radius 2 is 1.95 bits per heavy atom. The van der Waals surface area contributed by atoms with Crippen LogP contribution in [0.15, 0.2) is 0 Å². The molecule has 1 aromatic rings. The van der Waals surface area contributed by atoms with Crippen LogP contribution in [0, 0.1) is 5.92 Å². The number of halogens is 1. The maximum absolute atomic E-state index is 6.09. The fourth-order valence-corrected chi connectivity index (χ4v) is 3.81. The summed E-state index contributed by atoms with van der Waals surface area (Å²) in [5.74, 6) is 2.16. The van der Waals surface area contributed by atoms with E-state index in [0.717, 1.165) is 31.4 Å². The summed E-state index contributed by atoms with van der Waals surface area (Å²) >= 11 is 6.09. The van der Waals surface area contributed by atoms with E-state index in [1.807, 2.05) is 0 Å². The minimum absolute atomic E-state index is 0.288. The second kappa shape index (κ2) is 6.77. The van der Waals surface area contributed by atoms with Crippen LogP contribution >= 0.6 is 11.6 Å². The lowest BCUT2D eigenvalue weighted by molar-refractivity contribution is 0.241. The van der Waals surface area contributed by atoms with E-state index < -0.39 is 0 Å². The van der Waals surface area contributed by atoms with Crippen molar-refractivity contribution in [3.05, 3.63) is 5.28 Å². The first-order valence-electron chi connectivity index (χ1n) is 8.20. The molecule has 2 heterocycles. The van der Waals surface area contributed by atoms with E-state index in [1.54, 1.807) is 0 Å². The molecule has 0 aromatic carbocycles. The van der Waals surface area contributed by atoms with Crippen molar-refractivity contribution >= 4 is 23.5 Å². The summed E-state index contributed by atoms with van der Waals surface area (Å²) < 4.78 is 0. The van der Waals surface area contributed by atoms with Gasteiger partial charge in [-0.25, -0.2) is 0 Å². The average molecular weight is 310 g/mol. The molecule has 1 aliphatic carbocycles. The van der Waals surface area contributed by atoms with Gasteiger partial charge in [0.15, 0.2) is 0 Å². The minimum atomic E-state index is 0.288. The van der Waals surface area contributed by atoms with Crippen LogP contribution in [0.25, 0.3) is 0 Å². The third-order valence-corrected chi connectivity index (χ3v) is 4.80. The van der Waals surface area contributed by atoms with Crippen molar-refractivity contribution in [3.63, 3.8) is 0 Å². The van der Waals surface area contributed by atoms with Crippen molar-refractivity contribution in [3.8, 4) is 0 Å². The van der Waals surface area contributed by atoms with Crippen molar-refractivity contribution in [2.24, 2.45) is 5.92 Å². The highest BCUT2D eigenvalue weighted by Gasteiger charge is 2.34. The lowest BCUT2D eigenvalue weighted by atomic mass is 9.78. The number of piperidine rings is 1. The molecular formula is C15H24ClN5. The molecule has 3 rings (SSSR count). The Balaban J connectivity index is 1.82. The standard InChI is InChI=1S/C15H24ClN5/c1-2-9-17-14-18-13(16)19-15(20-14)21-10-5-7-11-6-3-4-8-12(11)21/h11-12H,2-10H2,1H3,(H,17,18,19,20). The van der Waals surface area contributed by atoms with E-state index in [1.165, 1.54) is 38.5 Å². The maximum Gasteiger partial charge on any atom is 0.231 e. The van der Waals surface area contributed by atoms with Gasteiger partial charge >= 0.3 is 0 Å². The number of anilines is 2. The second-order valence-electron chi connectivity index (χ2n) is 6.10. The Morgan fingerprint density at radius 3 is 2.81 bits per heavy atom. The van der Waals surface area contributed by atoms with Gasteiger partial charge in [0.05, 0.1) is 0 Å². The van der Waals surface area contributed by atoms with Gasteiger partial charge in [0, 0.05) is 19.1 Å². The molecule has 0 amide bonds. The minimum Gasteiger partial charge on any atom is -0.354 e. The van der Waals surface area contributed by atoms with Gasteiger partial charge in [-0.05, 0) is 49.6 Å². The molecule has 5 nitrogen and oxygen atoms in total. The Morgan fingerprint density at radius 1 is 1.14 bits per heavy atom. The van der Waals surface area contributed by atoms with E-state index in [9.17, 15) is 0 Å². The molecule has 0 bridgehead atoms. The van der Waals surface area contributed by atoms with Gasteiger partial charge in [-0.2, -0.15) is 15.0 Å². The van der Waals surface area contributed by atoms with Crippen LogP contribution in [-0.2, 0) is 0 Å². The Bertz CT molecular complexity index is 479. The van der Waals surface area contributed by atoms with E-state index in [2.05, 4.69) is 32.1 Å². The Labute approximate surface area is 131 Å². The molecule has 2 aliphatic rings. The Kier molecular flexibility index (Phi) is 4.78. The van der Waals surface area contributed by atoms with Crippen LogP contribution < -0.4 is 10.2 Å². The van der Waals surface area contributed by atoms with Crippen LogP contribution in [0.2, 0.25) is 5.28 Å². The molecule has 1 saturated carbocycles. The highest BCUT2D eigenvalue weighted by molar-refractivity contribution is 6.28. The van der Waals surface area contributed by atoms with Crippen LogP contribution in [0.1, 0.15) is 51.9 Å². The van der Waals surface area contributed by atoms with Crippen molar-refractivity contribution in [2.75, 3.05) is 23.3 Å². The second-order valence-corrected chi connectivity index (χ2v) is 6.44. The molecule has 2 unspecified atom stereocenters. The topological polar surface area (TPSA) is 53.9 Å². The zero-order valence-corrected chi connectivity index (χ0v) is 13.4.